The normalized spacial score (nSPS) is 14.7. The lowest BCUT2D eigenvalue weighted by molar-refractivity contribution is -0.133. The Labute approximate surface area is 138 Å². The van der Waals surface area contributed by atoms with Crippen LogP contribution in [0, 0.1) is 0 Å². The molecule has 1 rings (SSSR count). The molecule has 0 saturated heterocycles. The average molecular weight is 320 g/mol. The number of carbonyl (C=O) groups is 1. The number of hydrogen-bond donors (Lipinski definition) is 3. The molecule has 1 atom stereocenters. The fraction of sp³-hybridized carbons (Fsp3) is 0.526. The van der Waals surface area contributed by atoms with Gasteiger partial charge in [0.05, 0.1) is 11.7 Å². The van der Waals surface area contributed by atoms with Gasteiger partial charge in [0.2, 0.25) is 0 Å². The zero-order chi connectivity index (χ0) is 18.2. The molecule has 0 heterocycles. The highest BCUT2D eigenvalue weighted by molar-refractivity contribution is 5.93. The molecule has 4 nitrogen and oxygen atoms in total. The molecule has 4 heteroatoms. The second-order valence-electron chi connectivity index (χ2n) is 8.05. The summed E-state index contributed by atoms with van der Waals surface area (Å²) in [6, 6.07) is 3.58. The largest absolute Gasteiger partial charge is 0.507 e. The van der Waals surface area contributed by atoms with E-state index in [4.69, 9.17) is 0 Å². The van der Waals surface area contributed by atoms with Gasteiger partial charge in [-0.05, 0) is 41.5 Å². The summed E-state index contributed by atoms with van der Waals surface area (Å²) < 4.78 is 0. The van der Waals surface area contributed by atoms with E-state index in [0.717, 1.165) is 11.1 Å². The smallest absolute Gasteiger partial charge is 0.334 e. The Hall–Kier alpha value is -1.81. The number of hydrogen-bond acceptors (Lipinski definition) is 3. The van der Waals surface area contributed by atoms with Crippen LogP contribution in [0.5, 0.6) is 5.75 Å². The third-order valence-corrected chi connectivity index (χ3v) is 3.77. The quantitative estimate of drug-likeness (QED) is 0.740. The lowest BCUT2D eigenvalue weighted by Crippen LogP contribution is -2.18. The molecule has 0 saturated carbocycles. The highest BCUT2D eigenvalue weighted by atomic mass is 16.4. The van der Waals surface area contributed by atoms with Gasteiger partial charge in [0.1, 0.15) is 5.75 Å². The van der Waals surface area contributed by atoms with Crippen molar-refractivity contribution in [3.63, 3.8) is 0 Å². The van der Waals surface area contributed by atoms with Gasteiger partial charge >= 0.3 is 5.97 Å². The lowest BCUT2D eigenvalue weighted by Gasteiger charge is -2.28. The number of carboxylic acids is 1. The maximum atomic E-state index is 11.3. The first-order valence-corrected chi connectivity index (χ1v) is 7.76. The second kappa shape index (κ2) is 6.36. The van der Waals surface area contributed by atoms with E-state index in [9.17, 15) is 20.1 Å². The summed E-state index contributed by atoms with van der Waals surface area (Å²) in [6.07, 6.45) is 0.397. The van der Waals surface area contributed by atoms with Crippen LogP contribution in [0.2, 0.25) is 0 Å². The first-order chi connectivity index (χ1) is 10.2. The molecule has 3 N–H and O–H groups in total. The SMILES string of the molecule is CC(O)/C(=C\c1cc(C(C)(C)C)c(O)c(C(C)(C)C)c1)C(=O)O. The molecule has 1 aromatic rings. The highest BCUT2D eigenvalue weighted by Crippen LogP contribution is 2.40. The lowest BCUT2D eigenvalue weighted by atomic mass is 9.78. The van der Waals surface area contributed by atoms with E-state index in [0.29, 0.717) is 5.56 Å². The predicted molar refractivity (Wildman–Crippen MR) is 92.8 cm³/mol. The van der Waals surface area contributed by atoms with Crippen molar-refractivity contribution in [2.75, 3.05) is 0 Å². The Bertz CT molecular complexity index is 591. The number of benzene rings is 1. The number of carboxylic acid groups (broad SMARTS) is 1. The fourth-order valence-corrected chi connectivity index (χ4v) is 2.42. The third kappa shape index (κ3) is 4.58. The molecule has 23 heavy (non-hydrogen) atoms. The van der Waals surface area contributed by atoms with Crippen LogP contribution in [0.15, 0.2) is 17.7 Å². The highest BCUT2D eigenvalue weighted by Gasteiger charge is 2.26. The molecule has 128 valence electrons. The van der Waals surface area contributed by atoms with Crippen molar-refractivity contribution in [1.82, 2.24) is 0 Å². The standard InChI is InChI=1S/C19H28O4/c1-11(20)13(17(22)23)8-12-9-14(18(2,3)4)16(21)15(10-12)19(5,6)7/h8-11,20-21H,1-7H3,(H,22,23)/b13-8+. The number of phenolic OH excluding ortho intramolecular Hbond substituents is 1. The Morgan fingerprint density at radius 1 is 1.04 bits per heavy atom. The van der Waals surface area contributed by atoms with Gasteiger partial charge in [-0.2, -0.15) is 0 Å². The Kier molecular flexibility index (Phi) is 5.32. The fourth-order valence-electron chi connectivity index (χ4n) is 2.42. The molecular formula is C19H28O4. The Morgan fingerprint density at radius 2 is 1.43 bits per heavy atom. The minimum absolute atomic E-state index is 0.0737. The zero-order valence-corrected chi connectivity index (χ0v) is 15.1. The molecule has 0 fully saturated rings. The monoisotopic (exact) mass is 320 g/mol. The topological polar surface area (TPSA) is 77.8 Å². The number of phenols is 1. The van der Waals surface area contributed by atoms with Crippen LogP contribution < -0.4 is 0 Å². The van der Waals surface area contributed by atoms with Crippen LogP contribution in [0.25, 0.3) is 6.08 Å². The van der Waals surface area contributed by atoms with Gasteiger partial charge in [-0.1, -0.05) is 41.5 Å². The van der Waals surface area contributed by atoms with Gasteiger partial charge in [-0.15, -0.1) is 0 Å². The molecule has 0 amide bonds. The molecule has 1 aromatic carbocycles. The summed E-state index contributed by atoms with van der Waals surface area (Å²) in [4.78, 5) is 11.3. The van der Waals surface area contributed by atoms with E-state index >= 15 is 0 Å². The zero-order valence-electron chi connectivity index (χ0n) is 15.1. The number of aliphatic hydroxyl groups excluding tert-OH is 1. The number of aromatic hydroxyl groups is 1. The maximum Gasteiger partial charge on any atom is 0.334 e. The third-order valence-electron chi connectivity index (χ3n) is 3.77. The van der Waals surface area contributed by atoms with Crippen LogP contribution in [0.1, 0.15) is 65.2 Å². The molecule has 0 bridgehead atoms. The first kappa shape index (κ1) is 19.2. The van der Waals surface area contributed by atoms with E-state index in [2.05, 4.69) is 0 Å². The van der Waals surface area contributed by atoms with Gasteiger partial charge < -0.3 is 15.3 Å². The van der Waals surface area contributed by atoms with E-state index in [1.807, 2.05) is 41.5 Å². The molecule has 0 aliphatic rings. The van der Waals surface area contributed by atoms with Crippen LogP contribution in [0.3, 0.4) is 0 Å². The summed E-state index contributed by atoms with van der Waals surface area (Å²) in [6.45, 7) is 13.4. The van der Waals surface area contributed by atoms with Crippen LogP contribution in [0.4, 0.5) is 0 Å². The van der Waals surface area contributed by atoms with E-state index in [-0.39, 0.29) is 22.2 Å². The maximum absolute atomic E-state index is 11.3. The molecule has 0 aliphatic heterocycles. The molecule has 0 radical (unpaired) electrons. The Morgan fingerprint density at radius 3 is 1.70 bits per heavy atom. The molecule has 0 spiro atoms. The molecule has 0 aliphatic carbocycles. The summed E-state index contributed by atoms with van der Waals surface area (Å²) in [5.74, 6) is -0.904. The van der Waals surface area contributed by atoms with Gasteiger partial charge in [0.15, 0.2) is 0 Å². The van der Waals surface area contributed by atoms with Crippen molar-refractivity contribution in [2.24, 2.45) is 0 Å². The molecule has 1 unspecified atom stereocenters. The van der Waals surface area contributed by atoms with E-state index < -0.39 is 12.1 Å². The number of aliphatic carboxylic acids is 1. The van der Waals surface area contributed by atoms with Crippen molar-refractivity contribution in [3.8, 4) is 5.75 Å². The number of rotatable bonds is 3. The minimum Gasteiger partial charge on any atom is -0.507 e. The summed E-state index contributed by atoms with van der Waals surface area (Å²) in [7, 11) is 0. The summed E-state index contributed by atoms with van der Waals surface area (Å²) in [5, 5.41) is 29.5. The van der Waals surface area contributed by atoms with Gasteiger partial charge in [-0.25, -0.2) is 4.79 Å². The van der Waals surface area contributed by atoms with Crippen molar-refractivity contribution in [3.05, 3.63) is 34.4 Å². The molecular weight excluding hydrogens is 292 g/mol. The van der Waals surface area contributed by atoms with Crippen molar-refractivity contribution in [2.45, 2.75) is 65.4 Å². The van der Waals surface area contributed by atoms with Crippen LogP contribution in [-0.2, 0) is 15.6 Å². The second-order valence-corrected chi connectivity index (χ2v) is 8.05. The first-order valence-electron chi connectivity index (χ1n) is 7.76. The van der Waals surface area contributed by atoms with Gasteiger partial charge in [0.25, 0.3) is 0 Å². The predicted octanol–water partition coefficient (Wildman–Crippen LogP) is 3.84. The van der Waals surface area contributed by atoms with E-state index in [1.54, 1.807) is 12.1 Å². The summed E-state index contributed by atoms with van der Waals surface area (Å²) in [5.41, 5.74) is 1.52. The average Bonchev–Trinajstić information content (AvgIpc) is 2.33. The van der Waals surface area contributed by atoms with Crippen molar-refractivity contribution < 1.29 is 20.1 Å². The van der Waals surface area contributed by atoms with Crippen molar-refractivity contribution in [1.29, 1.82) is 0 Å². The summed E-state index contributed by atoms with van der Waals surface area (Å²) >= 11 is 0. The molecule has 0 aromatic heterocycles. The van der Waals surface area contributed by atoms with E-state index in [1.165, 1.54) is 13.0 Å². The number of aliphatic hydroxyl groups is 1. The van der Waals surface area contributed by atoms with Crippen LogP contribution in [-0.4, -0.2) is 27.4 Å². The van der Waals surface area contributed by atoms with Gasteiger partial charge in [0, 0.05) is 11.1 Å². The Balaban J connectivity index is 3.69. The van der Waals surface area contributed by atoms with Crippen LogP contribution >= 0.6 is 0 Å². The van der Waals surface area contributed by atoms with Crippen molar-refractivity contribution >= 4 is 12.0 Å². The van der Waals surface area contributed by atoms with Gasteiger partial charge in [-0.3, -0.25) is 0 Å². The minimum atomic E-state index is -1.15.